The van der Waals surface area contributed by atoms with Crippen molar-refractivity contribution in [3.8, 4) is 5.69 Å². The lowest BCUT2D eigenvalue weighted by atomic mass is 9.93. The average molecular weight is 270 g/mol. The van der Waals surface area contributed by atoms with Crippen molar-refractivity contribution in [2.75, 3.05) is 6.54 Å². The Morgan fingerprint density at radius 2 is 2.15 bits per heavy atom. The van der Waals surface area contributed by atoms with E-state index < -0.39 is 0 Å². The monoisotopic (exact) mass is 270 g/mol. The first-order chi connectivity index (χ1) is 9.57. The van der Waals surface area contributed by atoms with Crippen LogP contribution in [0.15, 0.2) is 36.7 Å². The van der Waals surface area contributed by atoms with Crippen molar-refractivity contribution in [1.29, 1.82) is 0 Å². The highest BCUT2D eigenvalue weighted by molar-refractivity contribution is 5.45. The second-order valence-electron chi connectivity index (χ2n) is 6.04. The van der Waals surface area contributed by atoms with E-state index in [9.17, 15) is 0 Å². The number of rotatable bonds is 3. The van der Waals surface area contributed by atoms with Crippen molar-refractivity contribution < 1.29 is 0 Å². The molecule has 1 aliphatic heterocycles. The van der Waals surface area contributed by atoms with Gasteiger partial charge in [-0.3, -0.25) is 0 Å². The fourth-order valence-corrected chi connectivity index (χ4v) is 2.91. The second kappa shape index (κ2) is 5.04. The smallest absolute Gasteiger partial charge is 0.130 e. The molecule has 3 rings (SSSR count). The Morgan fingerprint density at radius 1 is 1.35 bits per heavy atom. The summed E-state index contributed by atoms with van der Waals surface area (Å²) in [5.41, 5.74) is 8.21. The highest BCUT2D eigenvalue weighted by Crippen LogP contribution is 2.29. The van der Waals surface area contributed by atoms with Crippen molar-refractivity contribution in [2.24, 2.45) is 5.73 Å². The maximum absolute atomic E-state index is 6.32. The predicted molar refractivity (Wildman–Crippen MR) is 80.8 cm³/mol. The topological polar surface area (TPSA) is 55.9 Å². The quantitative estimate of drug-likeness (QED) is 0.901. The standard InChI is InChI=1S/C16H22N4/c1-16(2,17)12-6-3-4-8-14(12)20-11-10-19-15(20)13-7-5-9-18-13/h3-4,6,8,10-11,13,18H,5,7,9,17H2,1-2H3/t13-/m0/s1. The molecule has 0 aliphatic carbocycles. The molecule has 0 bridgehead atoms. The molecule has 1 aromatic heterocycles. The van der Waals surface area contributed by atoms with Gasteiger partial charge in [-0.15, -0.1) is 0 Å². The third-order valence-corrected chi connectivity index (χ3v) is 3.90. The van der Waals surface area contributed by atoms with Gasteiger partial charge in [-0.25, -0.2) is 4.98 Å². The Bertz CT molecular complexity index is 589. The molecule has 1 aromatic carbocycles. The summed E-state index contributed by atoms with van der Waals surface area (Å²) in [6.45, 7) is 5.15. The van der Waals surface area contributed by atoms with E-state index in [1.807, 2.05) is 32.3 Å². The van der Waals surface area contributed by atoms with Gasteiger partial charge in [0, 0.05) is 17.9 Å². The van der Waals surface area contributed by atoms with Crippen molar-refractivity contribution in [3.05, 3.63) is 48.0 Å². The van der Waals surface area contributed by atoms with E-state index in [-0.39, 0.29) is 5.54 Å². The van der Waals surface area contributed by atoms with Crippen molar-refractivity contribution in [1.82, 2.24) is 14.9 Å². The molecule has 2 aromatic rings. The Balaban J connectivity index is 2.08. The van der Waals surface area contributed by atoms with Gasteiger partial charge in [0.25, 0.3) is 0 Å². The highest BCUT2D eigenvalue weighted by Gasteiger charge is 2.24. The minimum atomic E-state index is -0.374. The van der Waals surface area contributed by atoms with Gasteiger partial charge in [0.1, 0.15) is 5.82 Å². The van der Waals surface area contributed by atoms with Gasteiger partial charge in [-0.1, -0.05) is 18.2 Å². The molecule has 1 aliphatic rings. The van der Waals surface area contributed by atoms with Crippen LogP contribution in [-0.2, 0) is 5.54 Å². The first-order valence-corrected chi connectivity index (χ1v) is 7.23. The zero-order valence-electron chi connectivity index (χ0n) is 12.1. The number of benzene rings is 1. The summed E-state index contributed by atoms with van der Waals surface area (Å²) in [6.07, 6.45) is 6.25. The van der Waals surface area contributed by atoms with E-state index in [1.54, 1.807) is 0 Å². The molecule has 4 heteroatoms. The zero-order chi connectivity index (χ0) is 14.2. The SMILES string of the molecule is CC(C)(N)c1ccccc1-n1ccnc1[C@@H]1CCCN1. The van der Waals surface area contributed by atoms with E-state index in [0.29, 0.717) is 6.04 Å². The number of nitrogens with zero attached hydrogens (tertiary/aromatic N) is 2. The van der Waals surface area contributed by atoms with Crippen molar-refractivity contribution in [3.63, 3.8) is 0 Å². The van der Waals surface area contributed by atoms with Gasteiger partial charge in [0.15, 0.2) is 0 Å². The van der Waals surface area contributed by atoms with Crippen LogP contribution in [0.4, 0.5) is 0 Å². The Kier molecular flexibility index (Phi) is 3.36. The largest absolute Gasteiger partial charge is 0.322 e. The summed E-state index contributed by atoms with van der Waals surface area (Å²) < 4.78 is 2.17. The molecular formula is C16H22N4. The maximum atomic E-state index is 6.32. The van der Waals surface area contributed by atoms with Gasteiger partial charge >= 0.3 is 0 Å². The summed E-state index contributed by atoms with van der Waals surface area (Å²) in [5, 5.41) is 3.51. The maximum Gasteiger partial charge on any atom is 0.130 e. The van der Waals surface area contributed by atoms with Crippen molar-refractivity contribution >= 4 is 0 Å². The third-order valence-electron chi connectivity index (χ3n) is 3.90. The summed E-state index contributed by atoms with van der Waals surface area (Å²) in [6, 6.07) is 8.65. The van der Waals surface area contributed by atoms with Crippen LogP contribution in [0, 0.1) is 0 Å². The minimum absolute atomic E-state index is 0.346. The molecule has 0 spiro atoms. The fourth-order valence-electron chi connectivity index (χ4n) is 2.91. The molecular weight excluding hydrogens is 248 g/mol. The van der Waals surface area contributed by atoms with Crippen LogP contribution < -0.4 is 11.1 Å². The summed E-state index contributed by atoms with van der Waals surface area (Å²) in [4.78, 5) is 4.56. The molecule has 1 saturated heterocycles. The Labute approximate surface area is 120 Å². The highest BCUT2D eigenvalue weighted by atomic mass is 15.1. The van der Waals surface area contributed by atoms with Crippen LogP contribution >= 0.6 is 0 Å². The first kappa shape index (κ1) is 13.3. The molecule has 1 atom stereocenters. The summed E-state index contributed by atoms with van der Waals surface area (Å²) >= 11 is 0. The van der Waals surface area contributed by atoms with E-state index in [4.69, 9.17) is 5.73 Å². The number of nitrogens with two attached hydrogens (primary N) is 1. The normalized spacial score (nSPS) is 19.4. The second-order valence-corrected chi connectivity index (χ2v) is 6.04. The van der Waals surface area contributed by atoms with Crippen LogP contribution in [0.1, 0.15) is 44.1 Å². The van der Waals surface area contributed by atoms with Crippen LogP contribution in [0.3, 0.4) is 0 Å². The lowest BCUT2D eigenvalue weighted by molar-refractivity contribution is 0.545. The van der Waals surface area contributed by atoms with Crippen LogP contribution in [0.25, 0.3) is 5.69 Å². The zero-order valence-corrected chi connectivity index (χ0v) is 12.1. The molecule has 0 radical (unpaired) electrons. The number of aromatic nitrogens is 2. The fraction of sp³-hybridized carbons (Fsp3) is 0.438. The van der Waals surface area contributed by atoms with Gasteiger partial charge in [-0.05, 0) is 44.9 Å². The van der Waals surface area contributed by atoms with Crippen LogP contribution in [-0.4, -0.2) is 16.1 Å². The molecule has 2 heterocycles. The summed E-state index contributed by atoms with van der Waals surface area (Å²) in [7, 11) is 0. The number of nitrogens with one attached hydrogen (secondary N) is 1. The first-order valence-electron chi connectivity index (χ1n) is 7.23. The van der Waals surface area contributed by atoms with Crippen LogP contribution in [0.5, 0.6) is 0 Å². The van der Waals surface area contributed by atoms with Gasteiger partial charge < -0.3 is 15.6 Å². The number of hydrogen-bond donors (Lipinski definition) is 2. The number of imidazole rings is 1. The molecule has 1 fully saturated rings. The van der Waals surface area contributed by atoms with E-state index in [2.05, 4.69) is 33.1 Å². The molecule has 0 unspecified atom stereocenters. The predicted octanol–water partition coefficient (Wildman–Crippen LogP) is 2.49. The number of para-hydroxylation sites is 1. The molecule has 106 valence electrons. The van der Waals surface area contributed by atoms with E-state index in [0.717, 1.165) is 30.0 Å². The Hall–Kier alpha value is -1.65. The van der Waals surface area contributed by atoms with Crippen LogP contribution in [0.2, 0.25) is 0 Å². The lowest BCUT2D eigenvalue weighted by Crippen LogP contribution is -2.30. The Morgan fingerprint density at radius 3 is 2.85 bits per heavy atom. The van der Waals surface area contributed by atoms with Gasteiger partial charge in [-0.2, -0.15) is 0 Å². The lowest BCUT2D eigenvalue weighted by Gasteiger charge is -2.24. The van der Waals surface area contributed by atoms with Gasteiger partial charge in [0.05, 0.1) is 11.7 Å². The molecule has 3 N–H and O–H groups in total. The molecule has 20 heavy (non-hydrogen) atoms. The molecule has 0 saturated carbocycles. The van der Waals surface area contributed by atoms with Crippen molar-refractivity contribution in [2.45, 2.75) is 38.3 Å². The van der Waals surface area contributed by atoms with E-state index >= 15 is 0 Å². The molecule has 4 nitrogen and oxygen atoms in total. The molecule has 0 amide bonds. The minimum Gasteiger partial charge on any atom is -0.322 e. The van der Waals surface area contributed by atoms with Gasteiger partial charge in [0.2, 0.25) is 0 Å². The third kappa shape index (κ3) is 2.37. The summed E-state index contributed by atoms with van der Waals surface area (Å²) in [5.74, 6) is 1.08. The average Bonchev–Trinajstić information content (AvgIpc) is 3.08. The number of hydrogen-bond acceptors (Lipinski definition) is 3. The van der Waals surface area contributed by atoms with E-state index in [1.165, 1.54) is 6.42 Å².